The summed E-state index contributed by atoms with van der Waals surface area (Å²) in [4.78, 5) is 30.0. The molecular formula is C28H36N2O5. The fraction of sp³-hybridized carbons (Fsp3) is 0.500. The van der Waals surface area contributed by atoms with E-state index < -0.39 is 0 Å². The van der Waals surface area contributed by atoms with E-state index in [9.17, 15) is 9.59 Å². The summed E-state index contributed by atoms with van der Waals surface area (Å²) in [6.45, 7) is 2.85. The van der Waals surface area contributed by atoms with E-state index in [0.717, 1.165) is 55.1 Å². The Morgan fingerprint density at radius 2 is 1.71 bits per heavy atom. The summed E-state index contributed by atoms with van der Waals surface area (Å²) in [5.41, 5.74) is 2.03. The van der Waals surface area contributed by atoms with E-state index >= 15 is 0 Å². The number of carbonyl (C=O) groups excluding carboxylic acids is 2. The number of nitrogens with zero attached hydrogens (tertiary/aromatic N) is 2. The topological polar surface area (TPSA) is 68.3 Å². The second-order valence-corrected chi connectivity index (χ2v) is 9.45. The lowest BCUT2D eigenvalue weighted by molar-refractivity contribution is -0.133. The fourth-order valence-electron chi connectivity index (χ4n) is 5.38. The van der Waals surface area contributed by atoms with Crippen molar-refractivity contribution in [2.45, 2.75) is 32.1 Å². The van der Waals surface area contributed by atoms with E-state index in [2.05, 4.69) is 0 Å². The first-order valence-corrected chi connectivity index (χ1v) is 12.4. The number of piperidine rings is 1. The van der Waals surface area contributed by atoms with Crippen molar-refractivity contribution >= 4 is 11.8 Å². The first-order chi connectivity index (χ1) is 17.0. The third-order valence-corrected chi connectivity index (χ3v) is 7.45. The number of amides is 2. The van der Waals surface area contributed by atoms with Crippen LogP contribution >= 0.6 is 0 Å². The Morgan fingerprint density at radius 1 is 0.943 bits per heavy atom. The highest BCUT2D eigenvalue weighted by Gasteiger charge is 2.36. The van der Waals surface area contributed by atoms with Crippen LogP contribution in [0.5, 0.6) is 17.2 Å². The van der Waals surface area contributed by atoms with Crippen LogP contribution in [0, 0.1) is 11.8 Å². The number of fused-ring (bicyclic) bond motifs is 1. The van der Waals surface area contributed by atoms with Gasteiger partial charge in [-0.3, -0.25) is 9.59 Å². The molecule has 188 valence electrons. The van der Waals surface area contributed by atoms with Gasteiger partial charge in [-0.15, -0.1) is 0 Å². The van der Waals surface area contributed by atoms with Gasteiger partial charge in [-0.05, 0) is 60.4 Å². The van der Waals surface area contributed by atoms with Crippen molar-refractivity contribution in [1.82, 2.24) is 9.80 Å². The maximum absolute atomic E-state index is 13.1. The molecular weight excluding hydrogens is 444 g/mol. The first-order valence-electron chi connectivity index (χ1n) is 12.4. The number of methoxy groups -OCH3 is 3. The molecule has 0 unspecified atom stereocenters. The number of para-hydroxylation sites is 1. The van der Waals surface area contributed by atoms with Crippen LogP contribution in [0.1, 0.15) is 30.4 Å². The lowest BCUT2D eigenvalue weighted by Gasteiger charge is -2.37. The molecule has 0 radical (unpaired) electrons. The van der Waals surface area contributed by atoms with E-state index in [4.69, 9.17) is 14.2 Å². The largest absolute Gasteiger partial charge is 0.497 e. The van der Waals surface area contributed by atoms with E-state index in [1.54, 1.807) is 21.3 Å². The van der Waals surface area contributed by atoms with Crippen LogP contribution in [0.2, 0.25) is 0 Å². The molecule has 35 heavy (non-hydrogen) atoms. The lowest BCUT2D eigenvalue weighted by Crippen LogP contribution is -2.44. The molecule has 2 aromatic carbocycles. The summed E-state index contributed by atoms with van der Waals surface area (Å²) in [6, 6.07) is 13.5. The number of carbonyl (C=O) groups is 2. The maximum Gasteiger partial charge on any atom is 0.226 e. The number of rotatable bonds is 8. The van der Waals surface area contributed by atoms with Crippen LogP contribution in [-0.4, -0.2) is 69.1 Å². The van der Waals surface area contributed by atoms with Gasteiger partial charge in [-0.25, -0.2) is 0 Å². The number of ether oxygens (including phenoxy) is 3. The summed E-state index contributed by atoms with van der Waals surface area (Å²) in [6.07, 6.45) is 3.50. The normalized spacial score (nSPS) is 20.1. The minimum atomic E-state index is 0.158. The Hall–Kier alpha value is -3.22. The lowest BCUT2D eigenvalue weighted by atomic mass is 9.82. The minimum absolute atomic E-state index is 0.158. The summed E-state index contributed by atoms with van der Waals surface area (Å²) >= 11 is 0. The average Bonchev–Trinajstić information content (AvgIpc) is 3.04. The molecule has 2 atom stereocenters. The molecule has 0 bridgehead atoms. The van der Waals surface area contributed by atoms with Crippen molar-refractivity contribution in [2.75, 3.05) is 47.5 Å². The standard InChI is InChI=1S/C28H36N2O5/c1-33-24-9-7-20(8-10-24)17-26(31)30-16-12-22-18-27(32)29(15-13-23(22)19-30)14-11-21-5-4-6-25(34-2)28(21)35-3/h4-10,22-23H,11-19H2,1-3H3/t22-,23+/m1/s1. The summed E-state index contributed by atoms with van der Waals surface area (Å²) in [7, 11) is 4.91. The SMILES string of the molecule is COc1ccc(CC(=O)N2CC[C@@H]3CC(=O)N(CCc4cccc(OC)c4OC)CC[C@H]3C2)cc1. The second-order valence-electron chi connectivity index (χ2n) is 9.45. The van der Waals surface area contributed by atoms with Crippen LogP contribution in [0.3, 0.4) is 0 Å². The Balaban J connectivity index is 1.33. The van der Waals surface area contributed by atoms with Crippen molar-refractivity contribution in [2.24, 2.45) is 11.8 Å². The molecule has 0 aliphatic carbocycles. The minimum Gasteiger partial charge on any atom is -0.497 e. The molecule has 4 rings (SSSR count). The van der Waals surface area contributed by atoms with Gasteiger partial charge >= 0.3 is 0 Å². The van der Waals surface area contributed by atoms with Crippen molar-refractivity contribution < 1.29 is 23.8 Å². The molecule has 7 heteroatoms. The molecule has 2 saturated heterocycles. The number of hydrogen-bond acceptors (Lipinski definition) is 5. The van der Waals surface area contributed by atoms with Gasteiger partial charge in [-0.2, -0.15) is 0 Å². The van der Waals surface area contributed by atoms with Crippen molar-refractivity contribution in [3.63, 3.8) is 0 Å². The molecule has 2 aliphatic heterocycles. The quantitative estimate of drug-likeness (QED) is 0.578. The van der Waals surface area contributed by atoms with Gasteiger partial charge in [0.2, 0.25) is 11.8 Å². The summed E-state index contributed by atoms with van der Waals surface area (Å²) in [5.74, 6) is 3.32. The third kappa shape index (κ3) is 5.89. The Bertz CT molecular complexity index is 1020. The third-order valence-electron chi connectivity index (χ3n) is 7.45. The van der Waals surface area contributed by atoms with E-state index in [1.165, 1.54) is 0 Å². The van der Waals surface area contributed by atoms with Crippen LogP contribution in [-0.2, 0) is 22.4 Å². The number of hydrogen-bond donors (Lipinski definition) is 0. The molecule has 2 aliphatic rings. The monoisotopic (exact) mass is 480 g/mol. The predicted molar refractivity (Wildman–Crippen MR) is 134 cm³/mol. The Kier molecular flexibility index (Phi) is 8.16. The van der Waals surface area contributed by atoms with Gasteiger partial charge in [0, 0.05) is 32.6 Å². The summed E-state index contributed by atoms with van der Waals surface area (Å²) in [5, 5.41) is 0. The highest BCUT2D eigenvalue weighted by atomic mass is 16.5. The fourth-order valence-corrected chi connectivity index (χ4v) is 5.38. The van der Waals surface area contributed by atoms with Gasteiger partial charge in [0.1, 0.15) is 5.75 Å². The smallest absolute Gasteiger partial charge is 0.226 e. The van der Waals surface area contributed by atoms with Crippen LogP contribution in [0.15, 0.2) is 42.5 Å². The predicted octanol–water partition coefficient (Wildman–Crippen LogP) is 3.58. The van der Waals surface area contributed by atoms with Crippen molar-refractivity contribution in [3.8, 4) is 17.2 Å². The number of benzene rings is 2. The van der Waals surface area contributed by atoms with Gasteiger partial charge in [0.15, 0.2) is 11.5 Å². The second kappa shape index (κ2) is 11.5. The van der Waals surface area contributed by atoms with E-state index in [1.807, 2.05) is 52.3 Å². The first kappa shape index (κ1) is 24.9. The zero-order chi connectivity index (χ0) is 24.8. The zero-order valence-electron chi connectivity index (χ0n) is 21.0. The molecule has 2 aromatic rings. The Morgan fingerprint density at radius 3 is 2.43 bits per heavy atom. The van der Waals surface area contributed by atoms with E-state index in [-0.39, 0.29) is 11.8 Å². The highest BCUT2D eigenvalue weighted by molar-refractivity contribution is 5.79. The molecule has 0 aromatic heterocycles. The molecule has 2 amide bonds. The molecule has 0 saturated carbocycles. The maximum atomic E-state index is 13.1. The van der Waals surface area contributed by atoms with Crippen LogP contribution in [0.4, 0.5) is 0 Å². The Labute approximate surface area is 207 Å². The molecule has 7 nitrogen and oxygen atoms in total. The molecule has 0 N–H and O–H groups in total. The van der Waals surface area contributed by atoms with Crippen LogP contribution in [0.25, 0.3) is 0 Å². The van der Waals surface area contributed by atoms with Crippen LogP contribution < -0.4 is 14.2 Å². The van der Waals surface area contributed by atoms with Gasteiger partial charge in [0.25, 0.3) is 0 Å². The van der Waals surface area contributed by atoms with Crippen molar-refractivity contribution in [1.29, 1.82) is 0 Å². The zero-order valence-corrected chi connectivity index (χ0v) is 21.0. The van der Waals surface area contributed by atoms with E-state index in [0.29, 0.717) is 43.4 Å². The van der Waals surface area contributed by atoms with Crippen molar-refractivity contribution in [3.05, 3.63) is 53.6 Å². The van der Waals surface area contributed by atoms with Gasteiger partial charge in [0.05, 0.1) is 27.8 Å². The molecule has 2 heterocycles. The number of likely N-dealkylation sites (tertiary alicyclic amines) is 2. The molecule has 0 spiro atoms. The molecule has 2 fully saturated rings. The summed E-state index contributed by atoms with van der Waals surface area (Å²) < 4.78 is 16.2. The van der Waals surface area contributed by atoms with Gasteiger partial charge < -0.3 is 24.0 Å². The average molecular weight is 481 g/mol. The van der Waals surface area contributed by atoms with Gasteiger partial charge in [-0.1, -0.05) is 24.3 Å². The highest BCUT2D eigenvalue weighted by Crippen LogP contribution is 2.34.